The van der Waals surface area contributed by atoms with Crippen LogP contribution in [0.1, 0.15) is 5.56 Å². The molecule has 1 aromatic carbocycles. The average molecular weight is 250 g/mol. The SMILES string of the molecule is Cc1cc2c(cc1Nc1nnns1)OCCO2. The third-order valence-electron chi connectivity index (χ3n) is 2.43. The van der Waals surface area contributed by atoms with Crippen LogP contribution in [0.25, 0.3) is 0 Å². The van der Waals surface area contributed by atoms with Gasteiger partial charge in [-0.05, 0) is 23.8 Å². The van der Waals surface area contributed by atoms with Crippen molar-refractivity contribution in [2.24, 2.45) is 0 Å². The van der Waals surface area contributed by atoms with E-state index in [0.717, 1.165) is 22.7 Å². The first kappa shape index (κ1) is 10.3. The molecule has 1 aliphatic heterocycles. The lowest BCUT2D eigenvalue weighted by atomic mass is 10.1. The third kappa shape index (κ3) is 2.01. The Morgan fingerprint density at radius 3 is 2.71 bits per heavy atom. The van der Waals surface area contributed by atoms with Crippen LogP contribution in [0, 0.1) is 6.92 Å². The summed E-state index contributed by atoms with van der Waals surface area (Å²) in [4.78, 5) is 0. The maximum atomic E-state index is 5.53. The Morgan fingerprint density at radius 2 is 2.00 bits per heavy atom. The van der Waals surface area contributed by atoms with Crippen LogP contribution < -0.4 is 14.8 Å². The van der Waals surface area contributed by atoms with Crippen molar-refractivity contribution < 1.29 is 9.47 Å². The first-order valence-corrected chi connectivity index (χ1v) is 5.92. The highest BCUT2D eigenvalue weighted by Crippen LogP contribution is 2.36. The number of rotatable bonds is 2. The van der Waals surface area contributed by atoms with Gasteiger partial charge in [-0.15, -0.1) is 0 Å². The number of nitrogens with zero attached hydrogens (tertiary/aromatic N) is 3. The van der Waals surface area contributed by atoms with Gasteiger partial charge < -0.3 is 14.8 Å². The molecule has 0 unspecified atom stereocenters. The molecule has 17 heavy (non-hydrogen) atoms. The monoisotopic (exact) mass is 250 g/mol. The summed E-state index contributed by atoms with van der Waals surface area (Å²) in [5.41, 5.74) is 1.98. The maximum absolute atomic E-state index is 5.53. The summed E-state index contributed by atoms with van der Waals surface area (Å²) in [6.07, 6.45) is 0. The molecule has 1 aliphatic rings. The number of aryl methyl sites for hydroxylation is 1. The summed E-state index contributed by atoms with van der Waals surface area (Å²) in [5.74, 6) is 1.54. The Hall–Kier alpha value is -1.89. The highest BCUT2D eigenvalue weighted by molar-refractivity contribution is 7.09. The highest BCUT2D eigenvalue weighted by Gasteiger charge is 2.14. The summed E-state index contributed by atoms with van der Waals surface area (Å²) in [6.45, 7) is 3.17. The van der Waals surface area contributed by atoms with Gasteiger partial charge in [0.2, 0.25) is 5.13 Å². The molecule has 1 aromatic heterocycles. The Balaban J connectivity index is 1.94. The van der Waals surface area contributed by atoms with E-state index in [2.05, 4.69) is 20.1 Å². The summed E-state index contributed by atoms with van der Waals surface area (Å²) in [5, 5.41) is 11.2. The molecule has 0 bridgehead atoms. The Kier molecular flexibility index (Phi) is 2.52. The van der Waals surface area contributed by atoms with Crippen LogP contribution >= 0.6 is 11.5 Å². The molecule has 0 atom stereocenters. The van der Waals surface area contributed by atoms with Gasteiger partial charge in [0, 0.05) is 23.3 Å². The molecule has 88 valence electrons. The molecule has 0 fully saturated rings. The third-order valence-corrected chi connectivity index (χ3v) is 2.94. The second-order valence-electron chi connectivity index (χ2n) is 3.60. The van der Waals surface area contributed by atoms with Crippen LogP contribution in [-0.4, -0.2) is 28.0 Å². The zero-order chi connectivity index (χ0) is 11.7. The number of nitrogens with one attached hydrogen (secondary N) is 1. The molecule has 0 spiro atoms. The van der Waals surface area contributed by atoms with Crippen LogP contribution in [-0.2, 0) is 0 Å². The lowest BCUT2D eigenvalue weighted by Gasteiger charge is -2.20. The predicted molar refractivity (Wildman–Crippen MR) is 63.2 cm³/mol. The van der Waals surface area contributed by atoms with Crippen LogP contribution in [0.4, 0.5) is 10.8 Å². The Bertz CT molecular complexity index is 529. The number of aromatic nitrogens is 3. The molecule has 6 nitrogen and oxygen atoms in total. The minimum atomic E-state index is 0.579. The fraction of sp³-hybridized carbons (Fsp3) is 0.300. The molecule has 0 saturated heterocycles. The molecular weight excluding hydrogens is 240 g/mol. The number of ether oxygens (including phenoxy) is 2. The second kappa shape index (κ2) is 4.17. The van der Waals surface area contributed by atoms with Gasteiger partial charge in [-0.2, -0.15) is 0 Å². The van der Waals surface area contributed by atoms with E-state index < -0.39 is 0 Å². The van der Waals surface area contributed by atoms with Gasteiger partial charge in [0.25, 0.3) is 0 Å². The topological polar surface area (TPSA) is 69.2 Å². The van der Waals surface area contributed by atoms with Gasteiger partial charge >= 0.3 is 0 Å². The quantitative estimate of drug-likeness (QED) is 0.875. The van der Waals surface area contributed by atoms with E-state index in [1.807, 2.05) is 19.1 Å². The van der Waals surface area contributed by atoms with Crippen LogP contribution in [0.3, 0.4) is 0 Å². The molecule has 0 radical (unpaired) electrons. The van der Waals surface area contributed by atoms with Gasteiger partial charge in [-0.3, -0.25) is 0 Å². The number of fused-ring (bicyclic) bond motifs is 1. The van der Waals surface area contributed by atoms with E-state index >= 15 is 0 Å². The van der Waals surface area contributed by atoms with Gasteiger partial charge in [0.1, 0.15) is 13.2 Å². The normalized spacial score (nSPS) is 13.5. The summed E-state index contributed by atoms with van der Waals surface area (Å²) < 4.78 is 14.7. The molecule has 2 aromatic rings. The van der Waals surface area contributed by atoms with Crippen molar-refractivity contribution >= 4 is 22.4 Å². The highest BCUT2D eigenvalue weighted by atomic mass is 32.1. The number of hydrogen-bond donors (Lipinski definition) is 1. The number of hydrogen-bond acceptors (Lipinski definition) is 7. The molecule has 7 heteroatoms. The standard InChI is InChI=1S/C10H10N4O2S/c1-6-4-8-9(16-3-2-15-8)5-7(6)11-10-12-13-14-17-10/h4-5H,2-3H2,1H3,(H,11,12,14). The second-order valence-corrected chi connectivity index (χ2v) is 4.34. The smallest absolute Gasteiger partial charge is 0.229 e. The van der Waals surface area contributed by atoms with Crippen molar-refractivity contribution in [2.45, 2.75) is 6.92 Å². The van der Waals surface area contributed by atoms with Crippen molar-refractivity contribution in [3.8, 4) is 11.5 Å². The minimum absolute atomic E-state index is 0.579. The average Bonchev–Trinajstić information content (AvgIpc) is 2.83. The van der Waals surface area contributed by atoms with Gasteiger partial charge in [0.15, 0.2) is 11.5 Å². The Morgan fingerprint density at radius 1 is 1.24 bits per heavy atom. The molecule has 0 aliphatic carbocycles. The van der Waals surface area contributed by atoms with Crippen molar-refractivity contribution in [3.63, 3.8) is 0 Å². The van der Waals surface area contributed by atoms with Crippen molar-refractivity contribution in [1.29, 1.82) is 0 Å². The van der Waals surface area contributed by atoms with Crippen molar-refractivity contribution in [1.82, 2.24) is 14.8 Å². The van der Waals surface area contributed by atoms with Crippen LogP contribution in [0.15, 0.2) is 12.1 Å². The molecule has 0 amide bonds. The zero-order valence-corrected chi connectivity index (χ0v) is 9.95. The molecule has 1 N–H and O–H groups in total. The predicted octanol–water partition coefficient (Wildman–Crippen LogP) is 1.76. The van der Waals surface area contributed by atoms with E-state index in [-0.39, 0.29) is 0 Å². The van der Waals surface area contributed by atoms with E-state index in [9.17, 15) is 0 Å². The fourth-order valence-corrected chi connectivity index (χ4v) is 2.00. The first-order chi connectivity index (χ1) is 8.33. The summed E-state index contributed by atoms with van der Waals surface area (Å²) >= 11 is 1.21. The lowest BCUT2D eigenvalue weighted by Crippen LogP contribution is -2.15. The zero-order valence-electron chi connectivity index (χ0n) is 9.14. The lowest BCUT2D eigenvalue weighted by molar-refractivity contribution is 0.171. The summed E-state index contributed by atoms with van der Waals surface area (Å²) in [7, 11) is 0. The fourth-order valence-electron chi connectivity index (χ4n) is 1.62. The van der Waals surface area contributed by atoms with E-state index in [0.29, 0.717) is 18.3 Å². The number of anilines is 2. The molecule has 0 saturated carbocycles. The van der Waals surface area contributed by atoms with Gasteiger partial charge in [-0.1, -0.05) is 9.59 Å². The Labute approximate surface area is 102 Å². The minimum Gasteiger partial charge on any atom is -0.486 e. The summed E-state index contributed by atoms with van der Waals surface area (Å²) in [6, 6.07) is 3.86. The van der Waals surface area contributed by atoms with E-state index in [1.165, 1.54) is 11.5 Å². The van der Waals surface area contributed by atoms with E-state index in [1.54, 1.807) is 0 Å². The molecular formula is C10H10N4O2S. The van der Waals surface area contributed by atoms with Crippen molar-refractivity contribution in [2.75, 3.05) is 18.5 Å². The largest absolute Gasteiger partial charge is 0.486 e. The van der Waals surface area contributed by atoms with E-state index in [4.69, 9.17) is 9.47 Å². The van der Waals surface area contributed by atoms with Crippen molar-refractivity contribution in [3.05, 3.63) is 17.7 Å². The number of benzene rings is 1. The maximum Gasteiger partial charge on any atom is 0.229 e. The van der Waals surface area contributed by atoms with Crippen LogP contribution in [0.2, 0.25) is 0 Å². The molecule has 2 heterocycles. The molecule has 3 rings (SSSR count). The van der Waals surface area contributed by atoms with Crippen LogP contribution in [0.5, 0.6) is 11.5 Å². The van der Waals surface area contributed by atoms with Gasteiger partial charge in [-0.25, -0.2) is 0 Å². The van der Waals surface area contributed by atoms with Gasteiger partial charge in [0.05, 0.1) is 0 Å². The first-order valence-electron chi connectivity index (χ1n) is 5.15.